The molecule has 2 heterocycles. The van der Waals surface area contributed by atoms with Crippen molar-refractivity contribution in [1.82, 2.24) is 9.78 Å². The van der Waals surface area contributed by atoms with Crippen molar-refractivity contribution in [2.75, 3.05) is 5.73 Å². The number of halogens is 1. The second-order valence-corrected chi connectivity index (χ2v) is 4.60. The van der Waals surface area contributed by atoms with Crippen LogP contribution in [0, 0.1) is 0 Å². The lowest BCUT2D eigenvalue weighted by Crippen LogP contribution is -2.31. The highest BCUT2D eigenvalue weighted by atomic mass is 35.5. The van der Waals surface area contributed by atoms with Gasteiger partial charge in [-0.15, -0.1) is 0 Å². The van der Waals surface area contributed by atoms with Gasteiger partial charge >= 0.3 is 0 Å². The first-order chi connectivity index (χ1) is 7.06. The molecule has 4 nitrogen and oxygen atoms in total. The second kappa shape index (κ2) is 4.02. The van der Waals surface area contributed by atoms with Gasteiger partial charge in [0.05, 0.1) is 23.9 Å². The number of ether oxygens (including phenoxy) is 1. The molecule has 0 aliphatic carbocycles. The molecule has 0 spiro atoms. The minimum atomic E-state index is 0.267. The van der Waals surface area contributed by atoms with Gasteiger partial charge in [0.15, 0.2) is 5.15 Å². The van der Waals surface area contributed by atoms with E-state index < -0.39 is 0 Å². The highest BCUT2D eigenvalue weighted by Gasteiger charge is 2.26. The maximum Gasteiger partial charge on any atom is 0.173 e. The van der Waals surface area contributed by atoms with Crippen LogP contribution in [0.5, 0.6) is 0 Å². The van der Waals surface area contributed by atoms with Gasteiger partial charge in [-0.25, -0.2) is 0 Å². The van der Waals surface area contributed by atoms with E-state index in [1.807, 2.05) is 4.68 Å². The predicted molar refractivity (Wildman–Crippen MR) is 59.9 cm³/mol. The third-order valence-electron chi connectivity index (χ3n) is 2.76. The molecule has 1 aromatic heterocycles. The van der Waals surface area contributed by atoms with Crippen LogP contribution < -0.4 is 5.73 Å². The van der Waals surface area contributed by atoms with E-state index in [2.05, 4.69) is 18.9 Å². The molecule has 2 atom stereocenters. The third-order valence-corrected chi connectivity index (χ3v) is 3.05. The quantitative estimate of drug-likeness (QED) is 0.804. The Hall–Kier alpha value is -0.740. The van der Waals surface area contributed by atoms with Gasteiger partial charge in [-0.05, 0) is 26.7 Å². The van der Waals surface area contributed by atoms with Gasteiger partial charge in [0.1, 0.15) is 0 Å². The average molecular weight is 230 g/mol. The topological polar surface area (TPSA) is 53.1 Å². The Bertz CT molecular complexity index is 323. The standard InChI is InChI=1S/C10H16ClN3O/c1-6-3-8(4-7(2)15-6)14-5-9(12)10(11)13-14/h5-8H,3-4,12H2,1-2H3. The van der Waals surface area contributed by atoms with Gasteiger partial charge in [0.25, 0.3) is 0 Å². The molecule has 0 aromatic carbocycles. The van der Waals surface area contributed by atoms with Crippen molar-refractivity contribution < 1.29 is 4.74 Å². The summed E-state index contributed by atoms with van der Waals surface area (Å²) < 4.78 is 7.54. The van der Waals surface area contributed by atoms with Gasteiger partial charge in [-0.3, -0.25) is 4.68 Å². The molecular formula is C10H16ClN3O. The Balaban J connectivity index is 2.16. The summed E-state index contributed by atoms with van der Waals surface area (Å²) in [5.41, 5.74) is 6.21. The van der Waals surface area contributed by atoms with Crippen LogP contribution in [0.2, 0.25) is 5.15 Å². The van der Waals surface area contributed by atoms with Crippen LogP contribution in [0.3, 0.4) is 0 Å². The lowest BCUT2D eigenvalue weighted by molar-refractivity contribution is -0.0506. The average Bonchev–Trinajstić information content (AvgIpc) is 2.45. The molecule has 0 amide bonds. The van der Waals surface area contributed by atoms with Gasteiger partial charge in [0, 0.05) is 6.20 Å². The zero-order chi connectivity index (χ0) is 11.0. The van der Waals surface area contributed by atoms with Gasteiger partial charge in [0.2, 0.25) is 0 Å². The van der Waals surface area contributed by atoms with Crippen molar-refractivity contribution in [2.24, 2.45) is 0 Å². The molecule has 2 N–H and O–H groups in total. The molecule has 1 aliphatic heterocycles. The fourth-order valence-electron chi connectivity index (χ4n) is 2.16. The molecule has 2 unspecified atom stereocenters. The summed E-state index contributed by atoms with van der Waals surface area (Å²) in [7, 11) is 0. The number of rotatable bonds is 1. The number of nitrogens with zero attached hydrogens (tertiary/aromatic N) is 2. The van der Waals surface area contributed by atoms with E-state index in [0.29, 0.717) is 16.9 Å². The summed E-state index contributed by atoms with van der Waals surface area (Å²) in [6.45, 7) is 4.16. The first-order valence-corrected chi connectivity index (χ1v) is 5.59. The van der Waals surface area contributed by atoms with Crippen molar-refractivity contribution in [3.63, 3.8) is 0 Å². The maximum atomic E-state index is 5.83. The highest BCUT2D eigenvalue weighted by molar-refractivity contribution is 6.31. The van der Waals surface area contributed by atoms with E-state index in [4.69, 9.17) is 22.1 Å². The molecule has 1 saturated heterocycles. The maximum absolute atomic E-state index is 5.83. The van der Waals surface area contributed by atoms with Crippen LogP contribution in [-0.4, -0.2) is 22.0 Å². The van der Waals surface area contributed by atoms with Crippen LogP contribution in [0.25, 0.3) is 0 Å². The van der Waals surface area contributed by atoms with Crippen molar-refractivity contribution in [1.29, 1.82) is 0 Å². The molecule has 1 fully saturated rings. The summed E-state index contributed by atoms with van der Waals surface area (Å²) in [5, 5.41) is 4.59. The first kappa shape index (κ1) is 10.8. The van der Waals surface area contributed by atoms with Crippen LogP contribution in [0.4, 0.5) is 5.69 Å². The Labute approximate surface area is 94.3 Å². The van der Waals surface area contributed by atoms with Crippen molar-refractivity contribution in [3.05, 3.63) is 11.3 Å². The number of nitrogens with two attached hydrogens (primary N) is 1. The molecule has 0 bridgehead atoms. The van der Waals surface area contributed by atoms with Crippen molar-refractivity contribution in [2.45, 2.75) is 44.9 Å². The molecule has 0 saturated carbocycles. The van der Waals surface area contributed by atoms with Crippen LogP contribution in [0.15, 0.2) is 6.20 Å². The molecule has 2 rings (SSSR count). The first-order valence-electron chi connectivity index (χ1n) is 5.22. The van der Waals surface area contributed by atoms with E-state index in [-0.39, 0.29) is 12.2 Å². The summed E-state index contributed by atoms with van der Waals surface area (Å²) in [6.07, 6.45) is 4.26. The molecular weight excluding hydrogens is 214 g/mol. The lowest BCUT2D eigenvalue weighted by Gasteiger charge is -2.32. The molecule has 84 valence electrons. The van der Waals surface area contributed by atoms with Gasteiger partial charge < -0.3 is 10.5 Å². The minimum absolute atomic E-state index is 0.267. The SMILES string of the molecule is CC1CC(n2cc(N)c(Cl)n2)CC(C)O1. The monoisotopic (exact) mass is 229 g/mol. The summed E-state index contributed by atoms with van der Waals surface area (Å²) in [5.74, 6) is 0. The number of nitrogen functional groups attached to an aromatic ring is 1. The number of hydrogen-bond donors (Lipinski definition) is 1. The van der Waals surface area contributed by atoms with Crippen molar-refractivity contribution in [3.8, 4) is 0 Å². The Kier molecular flexibility index (Phi) is 2.89. The largest absolute Gasteiger partial charge is 0.395 e. The van der Waals surface area contributed by atoms with Crippen LogP contribution in [0.1, 0.15) is 32.7 Å². The second-order valence-electron chi connectivity index (χ2n) is 4.24. The smallest absolute Gasteiger partial charge is 0.173 e. The summed E-state index contributed by atoms with van der Waals surface area (Å²) >= 11 is 5.83. The Morgan fingerprint density at radius 3 is 2.53 bits per heavy atom. The van der Waals surface area contributed by atoms with Crippen molar-refractivity contribution >= 4 is 17.3 Å². The fourth-order valence-corrected chi connectivity index (χ4v) is 2.29. The highest BCUT2D eigenvalue weighted by Crippen LogP contribution is 2.30. The number of aromatic nitrogens is 2. The van der Waals surface area contributed by atoms with E-state index in [1.165, 1.54) is 0 Å². The van der Waals surface area contributed by atoms with Crippen LogP contribution in [-0.2, 0) is 4.74 Å². The number of anilines is 1. The predicted octanol–water partition coefficient (Wildman–Crippen LogP) is 2.25. The van der Waals surface area contributed by atoms with E-state index >= 15 is 0 Å². The molecule has 15 heavy (non-hydrogen) atoms. The third kappa shape index (κ3) is 2.26. The normalized spacial score (nSPS) is 31.8. The lowest BCUT2D eigenvalue weighted by atomic mass is 10.0. The van der Waals surface area contributed by atoms with E-state index in [1.54, 1.807) is 6.20 Å². The van der Waals surface area contributed by atoms with Gasteiger partial charge in [-0.1, -0.05) is 11.6 Å². The Morgan fingerprint density at radius 1 is 1.47 bits per heavy atom. The number of hydrogen-bond acceptors (Lipinski definition) is 3. The van der Waals surface area contributed by atoms with Gasteiger partial charge in [-0.2, -0.15) is 5.10 Å². The van der Waals surface area contributed by atoms with Crippen LogP contribution >= 0.6 is 11.6 Å². The fraction of sp³-hybridized carbons (Fsp3) is 0.700. The Morgan fingerprint density at radius 2 is 2.07 bits per heavy atom. The molecule has 5 heteroatoms. The van der Waals surface area contributed by atoms with E-state index in [9.17, 15) is 0 Å². The van der Waals surface area contributed by atoms with E-state index in [0.717, 1.165) is 12.8 Å². The molecule has 1 aromatic rings. The zero-order valence-corrected chi connectivity index (χ0v) is 9.74. The summed E-state index contributed by atoms with van der Waals surface area (Å²) in [6, 6.07) is 0.346. The molecule has 1 aliphatic rings. The zero-order valence-electron chi connectivity index (χ0n) is 8.98. The molecule has 0 radical (unpaired) electrons. The minimum Gasteiger partial charge on any atom is -0.395 e. The summed E-state index contributed by atoms with van der Waals surface area (Å²) in [4.78, 5) is 0.